The van der Waals surface area contributed by atoms with Crippen molar-refractivity contribution in [1.82, 2.24) is 5.32 Å². The summed E-state index contributed by atoms with van der Waals surface area (Å²) in [5.74, 6) is 0. The van der Waals surface area contributed by atoms with Crippen LogP contribution in [0.2, 0.25) is 5.02 Å². The highest BCUT2D eigenvalue weighted by Crippen LogP contribution is 2.34. The van der Waals surface area contributed by atoms with Crippen molar-refractivity contribution in [3.8, 4) is 0 Å². The molecule has 2 aromatic rings. The topological polar surface area (TPSA) is 12.0 Å². The summed E-state index contributed by atoms with van der Waals surface area (Å²) < 4.78 is 0. The lowest BCUT2D eigenvalue weighted by atomic mass is 10.1. The van der Waals surface area contributed by atoms with Gasteiger partial charge in [0, 0.05) is 22.2 Å². The molecule has 1 atom stereocenters. The van der Waals surface area contributed by atoms with Gasteiger partial charge in [0.05, 0.1) is 5.02 Å². The molecule has 1 nitrogen and oxygen atoms in total. The van der Waals surface area contributed by atoms with Gasteiger partial charge in [0.2, 0.25) is 0 Å². The fourth-order valence-corrected chi connectivity index (χ4v) is 4.04. The largest absolute Gasteiger partial charge is 0.309 e. The van der Waals surface area contributed by atoms with E-state index in [1.165, 1.54) is 15.3 Å². The summed E-state index contributed by atoms with van der Waals surface area (Å²) in [5.41, 5.74) is 1.19. The molecule has 2 aromatic heterocycles. The predicted molar refractivity (Wildman–Crippen MR) is 83.1 cm³/mol. The number of nitrogens with one attached hydrogen (secondary N) is 1. The quantitative estimate of drug-likeness (QED) is 0.786. The van der Waals surface area contributed by atoms with Gasteiger partial charge in [-0.05, 0) is 42.3 Å². The van der Waals surface area contributed by atoms with Crippen LogP contribution in [-0.2, 0) is 6.42 Å². The molecule has 0 saturated heterocycles. The van der Waals surface area contributed by atoms with E-state index in [-0.39, 0.29) is 0 Å². The molecule has 0 fully saturated rings. The van der Waals surface area contributed by atoms with Crippen molar-refractivity contribution < 1.29 is 0 Å². The SMILES string of the molecule is CCCNC(Cc1cccs1)c1scc(C)c1Cl. The second-order valence-electron chi connectivity index (χ2n) is 4.39. The minimum absolute atomic E-state index is 0.342. The van der Waals surface area contributed by atoms with Crippen molar-refractivity contribution in [2.75, 3.05) is 6.54 Å². The lowest BCUT2D eigenvalue weighted by Crippen LogP contribution is -2.23. The Morgan fingerprint density at radius 3 is 2.78 bits per heavy atom. The molecule has 0 bridgehead atoms. The molecule has 0 aromatic carbocycles. The fraction of sp³-hybridized carbons (Fsp3) is 0.429. The van der Waals surface area contributed by atoms with Crippen LogP contribution in [0.5, 0.6) is 0 Å². The van der Waals surface area contributed by atoms with Crippen LogP contribution in [0.25, 0.3) is 0 Å². The van der Waals surface area contributed by atoms with Crippen molar-refractivity contribution in [1.29, 1.82) is 0 Å². The Balaban J connectivity index is 2.16. The molecular formula is C14H18ClNS2. The molecule has 0 saturated carbocycles. The number of hydrogen-bond acceptors (Lipinski definition) is 3. The van der Waals surface area contributed by atoms with Crippen LogP contribution in [-0.4, -0.2) is 6.54 Å². The van der Waals surface area contributed by atoms with E-state index in [0.717, 1.165) is 24.4 Å². The number of hydrogen-bond donors (Lipinski definition) is 1. The average Bonchev–Trinajstić information content (AvgIpc) is 2.97. The van der Waals surface area contributed by atoms with Gasteiger partial charge in [0.25, 0.3) is 0 Å². The molecule has 0 aliphatic rings. The van der Waals surface area contributed by atoms with E-state index in [2.05, 4.69) is 42.1 Å². The van der Waals surface area contributed by atoms with Crippen molar-refractivity contribution >= 4 is 34.3 Å². The molecule has 1 N–H and O–H groups in total. The van der Waals surface area contributed by atoms with Crippen molar-refractivity contribution in [2.24, 2.45) is 0 Å². The Morgan fingerprint density at radius 2 is 2.22 bits per heavy atom. The van der Waals surface area contributed by atoms with E-state index in [1.807, 2.05) is 11.3 Å². The molecule has 0 aliphatic heterocycles. The first-order valence-electron chi connectivity index (χ1n) is 6.21. The highest BCUT2D eigenvalue weighted by molar-refractivity contribution is 7.11. The zero-order valence-electron chi connectivity index (χ0n) is 10.7. The predicted octanol–water partition coefficient (Wildman–Crippen LogP) is 5.05. The summed E-state index contributed by atoms with van der Waals surface area (Å²) in [4.78, 5) is 2.68. The molecule has 0 aliphatic carbocycles. The first kappa shape index (κ1) is 14.1. The maximum absolute atomic E-state index is 6.40. The molecule has 2 rings (SSSR count). The van der Waals surface area contributed by atoms with E-state index in [0.29, 0.717) is 6.04 Å². The number of aryl methyl sites for hydroxylation is 1. The molecule has 0 amide bonds. The highest BCUT2D eigenvalue weighted by atomic mass is 35.5. The van der Waals surface area contributed by atoms with Crippen LogP contribution in [0.15, 0.2) is 22.9 Å². The van der Waals surface area contributed by atoms with Crippen LogP contribution in [0.4, 0.5) is 0 Å². The smallest absolute Gasteiger partial charge is 0.0590 e. The maximum Gasteiger partial charge on any atom is 0.0590 e. The molecule has 2 heterocycles. The third-order valence-electron chi connectivity index (χ3n) is 2.87. The normalized spacial score (nSPS) is 12.8. The van der Waals surface area contributed by atoms with Gasteiger partial charge in [-0.25, -0.2) is 0 Å². The standard InChI is InChI=1S/C14H18ClNS2/c1-3-6-16-12(8-11-5-4-7-17-11)14-13(15)10(2)9-18-14/h4-5,7,9,12,16H,3,6,8H2,1-2H3. The number of thiophene rings is 2. The molecule has 0 spiro atoms. The van der Waals surface area contributed by atoms with Gasteiger partial charge in [0.1, 0.15) is 0 Å². The fourth-order valence-electron chi connectivity index (χ4n) is 1.89. The second kappa shape index (κ2) is 6.71. The van der Waals surface area contributed by atoms with Crippen molar-refractivity contribution in [2.45, 2.75) is 32.7 Å². The van der Waals surface area contributed by atoms with Crippen molar-refractivity contribution in [3.05, 3.63) is 43.2 Å². The second-order valence-corrected chi connectivity index (χ2v) is 6.71. The molecule has 0 radical (unpaired) electrons. The number of halogens is 1. The van der Waals surface area contributed by atoms with Crippen molar-refractivity contribution in [3.63, 3.8) is 0 Å². The van der Waals surface area contributed by atoms with Gasteiger partial charge in [0.15, 0.2) is 0 Å². The maximum atomic E-state index is 6.40. The van der Waals surface area contributed by atoms with Gasteiger partial charge in [-0.3, -0.25) is 0 Å². The molecule has 98 valence electrons. The minimum Gasteiger partial charge on any atom is -0.309 e. The summed E-state index contributed by atoms with van der Waals surface area (Å²) in [7, 11) is 0. The van der Waals surface area contributed by atoms with Gasteiger partial charge in [-0.2, -0.15) is 0 Å². The molecule has 18 heavy (non-hydrogen) atoms. The summed E-state index contributed by atoms with van der Waals surface area (Å²) in [6.07, 6.45) is 2.17. The summed E-state index contributed by atoms with van der Waals surface area (Å²) in [6, 6.07) is 4.65. The highest BCUT2D eigenvalue weighted by Gasteiger charge is 2.18. The first-order chi connectivity index (χ1) is 8.72. The van der Waals surface area contributed by atoms with Gasteiger partial charge in [-0.1, -0.05) is 24.6 Å². The monoisotopic (exact) mass is 299 g/mol. The third kappa shape index (κ3) is 3.35. The zero-order valence-corrected chi connectivity index (χ0v) is 13.1. The Hall–Kier alpha value is -0.350. The molecular weight excluding hydrogens is 282 g/mol. The van der Waals surface area contributed by atoms with E-state index in [1.54, 1.807) is 11.3 Å². The van der Waals surface area contributed by atoms with Crippen LogP contribution >= 0.6 is 34.3 Å². The Labute approximate surface area is 122 Å². The summed E-state index contributed by atoms with van der Waals surface area (Å²) in [5, 5.41) is 8.82. The van der Waals surface area contributed by atoms with E-state index >= 15 is 0 Å². The summed E-state index contributed by atoms with van der Waals surface area (Å²) in [6.45, 7) is 5.30. The van der Waals surface area contributed by atoms with Gasteiger partial charge < -0.3 is 5.32 Å². The third-order valence-corrected chi connectivity index (χ3v) is 5.59. The van der Waals surface area contributed by atoms with Crippen LogP contribution in [0, 0.1) is 6.92 Å². The lowest BCUT2D eigenvalue weighted by molar-refractivity contribution is 0.539. The molecule has 1 unspecified atom stereocenters. The van der Waals surface area contributed by atoms with Gasteiger partial charge >= 0.3 is 0 Å². The lowest BCUT2D eigenvalue weighted by Gasteiger charge is -2.17. The van der Waals surface area contributed by atoms with Crippen LogP contribution in [0.1, 0.15) is 34.7 Å². The first-order valence-corrected chi connectivity index (χ1v) is 8.35. The Morgan fingerprint density at radius 1 is 1.39 bits per heavy atom. The minimum atomic E-state index is 0.342. The van der Waals surface area contributed by atoms with E-state index in [4.69, 9.17) is 11.6 Å². The zero-order chi connectivity index (χ0) is 13.0. The molecule has 4 heteroatoms. The van der Waals surface area contributed by atoms with Crippen LogP contribution < -0.4 is 5.32 Å². The number of rotatable bonds is 6. The van der Waals surface area contributed by atoms with E-state index in [9.17, 15) is 0 Å². The van der Waals surface area contributed by atoms with Crippen LogP contribution in [0.3, 0.4) is 0 Å². The average molecular weight is 300 g/mol. The van der Waals surface area contributed by atoms with E-state index < -0.39 is 0 Å². The Bertz CT molecular complexity index is 476. The van der Waals surface area contributed by atoms with Gasteiger partial charge in [-0.15, -0.1) is 22.7 Å². The Kier molecular flexibility index (Phi) is 5.25. The summed E-state index contributed by atoms with van der Waals surface area (Å²) >= 11 is 9.98.